The molecule has 0 fully saturated rings. The van der Waals surface area contributed by atoms with Crippen LogP contribution < -0.4 is 16.0 Å². The summed E-state index contributed by atoms with van der Waals surface area (Å²) in [7, 11) is 0. The summed E-state index contributed by atoms with van der Waals surface area (Å²) in [5, 5.41) is 0. The highest BCUT2D eigenvalue weighted by Crippen LogP contribution is 2.10. The Morgan fingerprint density at radius 3 is 2.88 bits per heavy atom. The molecule has 0 aliphatic carbocycles. The van der Waals surface area contributed by atoms with Crippen LogP contribution in [0.1, 0.15) is 5.69 Å². The van der Waals surface area contributed by atoms with E-state index in [0.29, 0.717) is 18.3 Å². The summed E-state index contributed by atoms with van der Waals surface area (Å²) in [6.45, 7) is 0.540. The third-order valence-corrected chi connectivity index (χ3v) is 2.21. The maximum Gasteiger partial charge on any atom is 0.215 e. The molecule has 0 bridgehead atoms. The largest absolute Gasteiger partial charge is 0.477 e. The van der Waals surface area contributed by atoms with Crippen LogP contribution >= 0.6 is 0 Å². The summed E-state index contributed by atoms with van der Waals surface area (Å²) in [5.74, 6) is 6.40. The van der Waals surface area contributed by atoms with Gasteiger partial charge in [0.1, 0.15) is 5.82 Å². The number of nitrogens with one attached hydrogen (secondary N) is 1. The first-order valence-corrected chi connectivity index (χ1v) is 5.35. The van der Waals surface area contributed by atoms with Gasteiger partial charge in [-0.25, -0.2) is 5.84 Å². The number of hydrazine groups is 1. The molecule has 2 aromatic heterocycles. The van der Waals surface area contributed by atoms with Gasteiger partial charge in [-0.1, -0.05) is 12.1 Å². The molecule has 0 aliphatic rings. The Hall–Kier alpha value is -2.14. The van der Waals surface area contributed by atoms with Crippen molar-refractivity contribution >= 4 is 5.82 Å². The molecule has 2 aromatic rings. The highest BCUT2D eigenvalue weighted by Gasteiger charge is 1.98. The Bertz CT molecular complexity index is 461. The smallest absolute Gasteiger partial charge is 0.215 e. The van der Waals surface area contributed by atoms with E-state index < -0.39 is 0 Å². The minimum absolute atomic E-state index is 0.540. The minimum atomic E-state index is 0.540. The third-order valence-electron chi connectivity index (χ3n) is 2.21. The maximum absolute atomic E-state index is 5.51. The van der Waals surface area contributed by atoms with Crippen LogP contribution in [-0.2, 0) is 6.42 Å². The minimum Gasteiger partial charge on any atom is -0.477 e. The van der Waals surface area contributed by atoms with Crippen LogP contribution in [0.2, 0.25) is 0 Å². The van der Waals surface area contributed by atoms with E-state index in [1.165, 1.54) is 0 Å². The molecule has 3 N–H and O–H groups in total. The molecule has 17 heavy (non-hydrogen) atoms. The number of nitrogens with zero attached hydrogens (tertiary/aromatic N) is 2. The Kier molecular flexibility index (Phi) is 3.88. The van der Waals surface area contributed by atoms with Crippen molar-refractivity contribution in [2.45, 2.75) is 6.42 Å². The lowest BCUT2D eigenvalue weighted by Crippen LogP contribution is -2.09. The van der Waals surface area contributed by atoms with Gasteiger partial charge in [-0.15, -0.1) is 0 Å². The number of rotatable bonds is 5. The highest BCUT2D eigenvalue weighted by atomic mass is 16.5. The summed E-state index contributed by atoms with van der Waals surface area (Å²) in [4.78, 5) is 8.35. The zero-order chi connectivity index (χ0) is 11.9. The van der Waals surface area contributed by atoms with E-state index in [1.54, 1.807) is 18.3 Å². The van der Waals surface area contributed by atoms with Gasteiger partial charge in [-0.05, 0) is 18.2 Å². The zero-order valence-electron chi connectivity index (χ0n) is 9.34. The van der Waals surface area contributed by atoms with Crippen molar-refractivity contribution < 1.29 is 4.74 Å². The molecule has 88 valence electrons. The second-order valence-corrected chi connectivity index (χ2v) is 3.42. The predicted octanol–water partition coefficient (Wildman–Crippen LogP) is 1.38. The summed E-state index contributed by atoms with van der Waals surface area (Å²) in [6.07, 6.45) is 2.52. The van der Waals surface area contributed by atoms with Crippen molar-refractivity contribution in [3.8, 4) is 5.88 Å². The quantitative estimate of drug-likeness (QED) is 0.599. The second-order valence-electron chi connectivity index (χ2n) is 3.42. The number of anilines is 1. The first-order chi connectivity index (χ1) is 8.38. The van der Waals surface area contributed by atoms with Gasteiger partial charge in [-0.2, -0.15) is 4.98 Å². The number of aromatic nitrogens is 2. The van der Waals surface area contributed by atoms with E-state index in [4.69, 9.17) is 10.6 Å². The van der Waals surface area contributed by atoms with Gasteiger partial charge in [0, 0.05) is 24.4 Å². The fraction of sp³-hybridized carbons (Fsp3) is 0.167. The first kappa shape index (κ1) is 11.3. The van der Waals surface area contributed by atoms with Crippen molar-refractivity contribution in [1.29, 1.82) is 0 Å². The second kappa shape index (κ2) is 5.81. The van der Waals surface area contributed by atoms with Gasteiger partial charge >= 0.3 is 0 Å². The SMILES string of the molecule is NNc1cccc(OCCc2ccccn2)n1. The van der Waals surface area contributed by atoms with Gasteiger partial charge in [0.2, 0.25) is 5.88 Å². The molecule has 0 spiro atoms. The van der Waals surface area contributed by atoms with Gasteiger partial charge in [-0.3, -0.25) is 4.98 Å². The Balaban J connectivity index is 1.86. The molecule has 0 radical (unpaired) electrons. The Morgan fingerprint density at radius 1 is 1.18 bits per heavy atom. The van der Waals surface area contributed by atoms with Crippen LogP contribution in [0.15, 0.2) is 42.6 Å². The molecule has 5 heteroatoms. The van der Waals surface area contributed by atoms with E-state index in [9.17, 15) is 0 Å². The summed E-state index contributed by atoms with van der Waals surface area (Å²) < 4.78 is 5.51. The maximum atomic E-state index is 5.51. The standard InChI is InChI=1S/C12H14N4O/c13-16-11-5-3-6-12(15-11)17-9-7-10-4-1-2-8-14-10/h1-6,8H,7,9,13H2,(H,15,16). The fourth-order valence-electron chi connectivity index (χ4n) is 1.38. The molecule has 0 unspecified atom stereocenters. The number of pyridine rings is 2. The monoisotopic (exact) mass is 230 g/mol. The number of nitrogen functional groups attached to an aromatic ring is 1. The average molecular weight is 230 g/mol. The molecule has 0 aromatic carbocycles. The fourth-order valence-corrected chi connectivity index (χ4v) is 1.38. The third kappa shape index (κ3) is 3.42. The molecule has 2 heterocycles. The molecule has 0 saturated heterocycles. The number of ether oxygens (including phenoxy) is 1. The lowest BCUT2D eigenvalue weighted by Gasteiger charge is -2.06. The number of hydrogen-bond acceptors (Lipinski definition) is 5. The van der Waals surface area contributed by atoms with Gasteiger partial charge in [0.05, 0.1) is 6.61 Å². The normalized spacial score (nSPS) is 9.94. The van der Waals surface area contributed by atoms with Crippen molar-refractivity contribution in [3.05, 3.63) is 48.3 Å². The molecular weight excluding hydrogens is 216 g/mol. The van der Waals surface area contributed by atoms with Gasteiger partial charge < -0.3 is 10.2 Å². The van der Waals surface area contributed by atoms with Crippen LogP contribution in [0.4, 0.5) is 5.82 Å². The first-order valence-electron chi connectivity index (χ1n) is 5.35. The van der Waals surface area contributed by atoms with E-state index in [-0.39, 0.29) is 0 Å². The van der Waals surface area contributed by atoms with Crippen molar-refractivity contribution in [1.82, 2.24) is 9.97 Å². The van der Waals surface area contributed by atoms with Crippen LogP contribution in [-0.4, -0.2) is 16.6 Å². The molecule has 0 amide bonds. The van der Waals surface area contributed by atoms with Crippen LogP contribution in [0.5, 0.6) is 5.88 Å². The van der Waals surface area contributed by atoms with Gasteiger partial charge in [0.25, 0.3) is 0 Å². The summed E-state index contributed by atoms with van der Waals surface area (Å²) >= 11 is 0. The van der Waals surface area contributed by atoms with E-state index in [2.05, 4.69) is 15.4 Å². The zero-order valence-corrected chi connectivity index (χ0v) is 9.34. The van der Waals surface area contributed by atoms with Crippen molar-refractivity contribution in [3.63, 3.8) is 0 Å². The lowest BCUT2D eigenvalue weighted by molar-refractivity contribution is 0.308. The molecule has 5 nitrogen and oxygen atoms in total. The van der Waals surface area contributed by atoms with E-state index in [0.717, 1.165) is 12.1 Å². The summed E-state index contributed by atoms with van der Waals surface area (Å²) in [5.41, 5.74) is 3.47. The average Bonchev–Trinajstić information content (AvgIpc) is 2.40. The van der Waals surface area contributed by atoms with Crippen molar-refractivity contribution in [2.75, 3.05) is 12.0 Å². The molecule has 0 aliphatic heterocycles. The van der Waals surface area contributed by atoms with Gasteiger partial charge in [0.15, 0.2) is 0 Å². The lowest BCUT2D eigenvalue weighted by atomic mass is 10.3. The molecular formula is C12H14N4O. The Labute approximate surface area is 99.6 Å². The summed E-state index contributed by atoms with van der Waals surface area (Å²) in [6, 6.07) is 11.2. The number of nitrogens with two attached hydrogens (primary N) is 1. The topological polar surface area (TPSA) is 73.1 Å². The van der Waals surface area contributed by atoms with Crippen LogP contribution in [0.3, 0.4) is 0 Å². The molecule has 0 saturated carbocycles. The molecule has 2 rings (SSSR count). The molecule has 0 atom stereocenters. The predicted molar refractivity (Wildman–Crippen MR) is 65.5 cm³/mol. The highest BCUT2D eigenvalue weighted by molar-refractivity contribution is 5.35. The number of hydrogen-bond donors (Lipinski definition) is 2. The van der Waals surface area contributed by atoms with Crippen molar-refractivity contribution in [2.24, 2.45) is 5.84 Å². The van der Waals surface area contributed by atoms with Crippen LogP contribution in [0.25, 0.3) is 0 Å². The van der Waals surface area contributed by atoms with Crippen LogP contribution in [0, 0.1) is 0 Å². The van der Waals surface area contributed by atoms with E-state index >= 15 is 0 Å². The Morgan fingerprint density at radius 2 is 2.12 bits per heavy atom. The van der Waals surface area contributed by atoms with E-state index in [1.807, 2.05) is 24.3 Å².